The average Bonchev–Trinajstić information content (AvgIpc) is 2.61. The van der Waals surface area contributed by atoms with Gasteiger partial charge < -0.3 is 26.0 Å². The molecule has 154 valence electrons. The normalized spacial score (nSPS) is 12.5. The number of nitrogens with one attached hydrogen (secondary N) is 2. The monoisotopic (exact) mass is 428 g/mol. The van der Waals surface area contributed by atoms with Crippen LogP contribution < -0.4 is 10.6 Å². The van der Waals surface area contributed by atoms with Gasteiger partial charge >= 0.3 is 0 Å². The number of phenols is 1. The van der Waals surface area contributed by atoms with Crippen molar-refractivity contribution in [2.75, 3.05) is 18.9 Å². The van der Waals surface area contributed by atoms with Crippen LogP contribution in [0.2, 0.25) is 10.0 Å². The van der Waals surface area contributed by atoms with Crippen LogP contribution in [0.3, 0.4) is 0 Å². The predicted octanol–water partition coefficient (Wildman–Crippen LogP) is 4.09. The quantitative estimate of drug-likeness (QED) is 0.455. The molecule has 2 aromatic carbocycles. The summed E-state index contributed by atoms with van der Waals surface area (Å²) < 4.78 is 0. The number of aromatic hydroxyl groups is 1. The largest absolute Gasteiger partial charge is 0.508 e. The summed E-state index contributed by atoms with van der Waals surface area (Å²) in [5.41, 5.74) is 2.52. The van der Waals surface area contributed by atoms with Crippen molar-refractivity contribution >= 4 is 34.9 Å². The molecule has 0 radical (unpaired) electrons. The van der Waals surface area contributed by atoms with Crippen LogP contribution in [0.15, 0.2) is 36.4 Å². The van der Waals surface area contributed by atoms with Crippen LogP contribution in [-0.4, -0.2) is 40.9 Å². The summed E-state index contributed by atoms with van der Waals surface area (Å²) in [6, 6.07) is 10.2. The van der Waals surface area contributed by atoms with E-state index in [4.69, 9.17) is 33.1 Å². The molecular formula is C20H26Cl2N2O4. The third kappa shape index (κ3) is 7.94. The SMILES string of the molecule is CC(=O)O.CNc1c(Cl)cc(CCN[C@@H](C)[C@H](O)c2ccc(O)cc2)cc1Cl. The Labute approximate surface area is 175 Å². The smallest absolute Gasteiger partial charge is 0.300 e. The van der Waals surface area contributed by atoms with Crippen LogP contribution in [0.25, 0.3) is 0 Å². The van der Waals surface area contributed by atoms with Gasteiger partial charge in [-0.2, -0.15) is 0 Å². The number of hydrogen-bond acceptors (Lipinski definition) is 5. The number of benzene rings is 2. The van der Waals surface area contributed by atoms with Crippen molar-refractivity contribution in [1.82, 2.24) is 5.32 Å². The fraction of sp³-hybridized carbons (Fsp3) is 0.350. The summed E-state index contributed by atoms with van der Waals surface area (Å²) in [5.74, 6) is -0.648. The standard InChI is InChI=1S/C18H22Cl2N2O2.C2H4O2/c1-11(18(24)13-3-5-14(23)6-4-13)22-8-7-12-9-15(19)17(21-2)16(20)10-12;1-2(3)4/h3-6,9-11,18,21-24H,7-8H2,1-2H3;1H3,(H,3,4)/t11-,18-;/m0./s1. The fourth-order valence-corrected chi connectivity index (χ4v) is 3.25. The number of carboxylic acids is 1. The molecule has 0 saturated heterocycles. The zero-order valence-electron chi connectivity index (χ0n) is 16.0. The number of carboxylic acid groups (broad SMARTS) is 1. The van der Waals surface area contributed by atoms with Crippen molar-refractivity contribution in [3.05, 3.63) is 57.6 Å². The minimum atomic E-state index is -0.833. The van der Waals surface area contributed by atoms with E-state index in [2.05, 4.69) is 10.6 Å². The van der Waals surface area contributed by atoms with E-state index in [1.54, 1.807) is 31.3 Å². The number of halogens is 2. The maximum absolute atomic E-state index is 10.3. The lowest BCUT2D eigenvalue weighted by atomic mass is 10.0. The van der Waals surface area contributed by atoms with Crippen molar-refractivity contribution < 1.29 is 20.1 Å². The Morgan fingerprint density at radius 3 is 2.11 bits per heavy atom. The Morgan fingerprint density at radius 2 is 1.64 bits per heavy atom. The van der Waals surface area contributed by atoms with Crippen LogP contribution >= 0.6 is 23.2 Å². The number of aliphatic carboxylic acids is 1. The van der Waals surface area contributed by atoms with Gasteiger partial charge in [0.2, 0.25) is 0 Å². The van der Waals surface area contributed by atoms with Gasteiger partial charge in [0.05, 0.1) is 21.8 Å². The Balaban J connectivity index is 0.000000892. The number of aliphatic hydroxyl groups excluding tert-OH is 1. The van der Waals surface area contributed by atoms with Crippen molar-refractivity contribution in [1.29, 1.82) is 0 Å². The zero-order valence-corrected chi connectivity index (χ0v) is 17.6. The van der Waals surface area contributed by atoms with E-state index >= 15 is 0 Å². The maximum Gasteiger partial charge on any atom is 0.300 e. The maximum atomic E-state index is 10.3. The minimum Gasteiger partial charge on any atom is -0.508 e. The molecule has 0 heterocycles. The molecule has 0 aliphatic heterocycles. The summed E-state index contributed by atoms with van der Waals surface area (Å²) in [4.78, 5) is 9.00. The van der Waals surface area contributed by atoms with Gasteiger partial charge in [-0.15, -0.1) is 0 Å². The lowest BCUT2D eigenvalue weighted by Gasteiger charge is -2.21. The van der Waals surface area contributed by atoms with E-state index in [1.165, 1.54) is 0 Å². The Morgan fingerprint density at radius 1 is 1.14 bits per heavy atom. The second-order valence-corrected chi connectivity index (χ2v) is 7.05. The molecular weight excluding hydrogens is 403 g/mol. The van der Waals surface area contributed by atoms with E-state index in [9.17, 15) is 10.2 Å². The predicted molar refractivity (Wildman–Crippen MR) is 114 cm³/mol. The minimum absolute atomic E-state index is 0.128. The average molecular weight is 429 g/mol. The van der Waals surface area contributed by atoms with Crippen molar-refractivity contribution in [3.8, 4) is 5.75 Å². The lowest BCUT2D eigenvalue weighted by Crippen LogP contribution is -2.33. The molecule has 6 nitrogen and oxygen atoms in total. The van der Waals surface area contributed by atoms with E-state index in [1.807, 2.05) is 19.1 Å². The second-order valence-electron chi connectivity index (χ2n) is 6.23. The highest BCUT2D eigenvalue weighted by Gasteiger charge is 2.16. The molecule has 0 aliphatic carbocycles. The molecule has 2 rings (SSSR count). The van der Waals surface area contributed by atoms with Crippen LogP contribution in [0, 0.1) is 0 Å². The van der Waals surface area contributed by atoms with Crippen LogP contribution in [0.5, 0.6) is 5.75 Å². The molecule has 0 aromatic heterocycles. The van der Waals surface area contributed by atoms with Gasteiger partial charge in [-0.05, 0) is 55.3 Å². The summed E-state index contributed by atoms with van der Waals surface area (Å²) in [5, 5.41) is 34.5. The van der Waals surface area contributed by atoms with Crippen molar-refractivity contribution in [2.45, 2.75) is 32.4 Å². The summed E-state index contributed by atoms with van der Waals surface area (Å²) in [7, 11) is 1.78. The molecule has 28 heavy (non-hydrogen) atoms. The fourth-order valence-electron chi connectivity index (χ4n) is 2.52. The molecule has 0 spiro atoms. The van der Waals surface area contributed by atoms with Crippen LogP contribution in [0.1, 0.15) is 31.1 Å². The molecule has 0 saturated carbocycles. The van der Waals surface area contributed by atoms with E-state index in [0.29, 0.717) is 16.6 Å². The molecule has 2 aromatic rings. The van der Waals surface area contributed by atoms with Gasteiger partial charge in [-0.25, -0.2) is 0 Å². The first-order valence-electron chi connectivity index (χ1n) is 8.71. The van der Waals surface area contributed by atoms with Crippen molar-refractivity contribution in [3.63, 3.8) is 0 Å². The van der Waals surface area contributed by atoms with Crippen LogP contribution in [-0.2, 0) is 11.2 Å². The molecule has 2 atom stereocenters. The molecule has 0 bridgehead atoms. The molecule has 0 aliphatic rings. The van der Waals surface area contributed by atoms with Gasteiger partial charge in [-0.1, -0.05) is 35.3 Å². The number of phenolic OH excluding ortho intramolecular Hbond substituents is 1. The summed E-state index contributed by atoms with van der Waals surface area (Å²) in [6.45, 7) is 3.68. The molecule has 5 N–H and O–H groups in total. The first kappa shape index (κ1) is 24.0. The first-order valence-corrected chi connectivity index (χ1v) is 9.46. The molecule has 0 fully saturated rings. The van der Waals surface area contributed by atoms with Crippen molar-refractivity contribution in [2.24, 2.45) is 0 Å². The second kappa shape index (κ2) is 11.8. The van der Waals surface area contributed by atoms with Gasteiger partial charge in [0.25, 0.3) is 5.97 Å². The number of rotatable bonds is 7. The first-order chi connectivity index (χ1) is 13.1. The van der Waals surface area contributed by atoms with E-state index in [0.717, 1.165) is 30.2 Å². The highest BCUT2D eigenvalue weighted by molar-refractivity contribution is 6.39. The summed E-state index contributed by atoms with van der Waals surface area (Å²) >= 11 is 12.4. The Hall–Kier alpha value is -1.99. The Bertz CT molecular complexity index is 742. The van der Waals surface area contributed by atoms with Gasteiger partial charge in [0.15, 0.2) is 0 Å². The van der Waals surface area contributed by atoms with Gasteiger partial charge in [0, 0.05) is 20.0 Å². The van der Waals surface area contributed by atoms with E-state index < -0.39 is 12.1 Å². The number of carbonyl (C=O) groups is 1. The number of aliphatic hydroxyl groups is 1. The van der Waals surface area contributed by atoms with E-state index in [-0.39, 0.29) is 11.8 Å². The van der Waals surface area contributed by atoms with Gasteiger partial charge in [-0.3, -0.25) is 4.79 Å². The third-order valence-electron chi connectivity index (χ3n) is 3.94. The topological polar surface area (TPSA) is 102 Å². The van der Waals surface area contributed by atoms with Crippen LogP contribution in [0.4, 0.5) is 5.69 Å². The highest BCUT2D eigenvalue weighted by Crippen LogP contribution is 2.31. The molecule has 0 unspecified atom stereocenters. The number of hydrogen-bond donors (Lipinski definition) is 5. The third-order valence-corrected chi connectivity index (χ3v) is 4.54. The number of anilines is 1. The molecule has 0 amide bonds. The lowest BCUT2D eigenvalue weighted by molar-refractivity contribution is -0.134. The highest BCUT2D eigenvalue weighted by atomic mass is 35.5. The summed E-state index contributed by atoms with van der Waals surface area (Å²) in [6.07, 6.45) is 0.0974. The molecule has 8 heteroatoms. The van der Waals surface area contributed by atoms with Gasteiger partial charge in [0.1, 0.15) is 5.75 Å². The Kier molecular flexibility index (Phi) is 10.1. The zero-order chi connectivity index (χ0) is 21.3.